The number of hydrogen-bond donors (Lipinski definition) is 2. The molecule has 1 aromatic carbocycles. The zero-order valence-electron chi connectivity index (χ0n) is 17.0. The third kappa shape index (κ3) is 5.97. The van der Waals surface area contributed by atoms with E-state index in [1.165, 1.54) is 0 Å². The van der Waals surface area contributed by atoms with Crippen molar-refractivity contribution < 1.29 is 4.79 Å². The molecule has 0 saturated heterocycles. The van der Waals surface area contributed by atoms with Gasteiger partial charge in [0.1, 0.15) is 5.82 Å². The molecule has 1 saturated carbocycles. The molecular formula is C21H27Cl2N5O. The average molecular weight is 436 g/mol. The highest BCUT2D eigenvalue weighted by Gasteiger charge is 2.26. The van der Waals surface area contributed by atoms with Crippen LogP contribution in [0.5, 0.6) is 0 Å². The van der Waals surface area contributed by atoms with E-state index in [0.29, 0.717) is 22.5 Å². The van der Waals surface area contributed by atoms with Crippen LogP contribution in [0.15, 0.2) is 24.3 Å². The van der Waals surface area contributed by atoms with E-state index in [1.807, 2.05) is 32.0 Å². The lowest BCUT2D eigenvalue weighted by atomic mass is 9.85. The van der Waals surface area contributed by atoms with Crippen LogP contribution >= 0.6 is 23.2 Å². The molecule has 0 atom stereocenters. The molecule has 3 rings (SSSR count). The Kier molecular flexibility index (Phi) is 7.19. The predicted octanol–water partition coefficient (Wildman–Crippen LogP) is 4.44. The fraction of sp³-hybridized carbons (Fsp3) is 0.476. The Morgan fingerprint density at radius 3 is 2.55 bits per heavy atom. The molecule has 1 aromatic heterocycles. The fourth-order valence-corrected chi connectivity index (χ4v) is 3.91. The van der Waals surface area contributed by atoms with E-state index in [2.05, 4.69) is 20.6 Å². The first-order valence-corrected chi connectivity index (χ1v) is 10.6. The third-order valence-electron chi connectivity index (χ3n) is 5.19. The number of carbonyl (C=O) groups excluding carboxylic acids is 1. The summed E-state index contributed by atoms with van der Waals surface area (Å²) in [6.45, 7) is 2.36. The average Bonchev–Trinajstić information content (AvgIpc) is 2.68. The van der Waals surface area contributed by atoms with E-state index in [1.54, 1.807) is 18.2 Å². The molecule has 156 valence electrons. The standard InChI is InChI=1S/C21H27Cl2N5O/c1-13-10-19(28(2)3)27-21(25-13)26-17-7-4-14(5-8-17)20(29)24-12-15-11-16(22)6-9-18(15)23/h6,9-11,14,17H,4-5,7-8,12H2,1-3H3,(H,24,29)(H,25,26,27). The van der Waals surface area contributed by atoms with Gasteiger partial charge in [0.25, 0.3) is 0 Å². The highest BCUT2D eigenvalue weighted by molar-refractivity contribution is 6.33. The van der Waals surface area contributed by atoms with Crippen molar-refractivity contribution in [3.8, 4) is 0 Å². The lowest BCUT2D eigenvalue weighted by Gasteiger charge is -2.28. The quantitative estimate of drug-likeness (QED) is 0.701. The highest BCUT2D eigenvalue weighted by atomic mass is 35.5. The summed E-state index contributed by atoms with van der Waals surface area (Å²) in [5, 5.41) is 7.65. The molecular weight excluding hydrogens is 409 g/mol. The van der Waals surface area contributed by atoms with Crippen LogP contribution in [0.2, 0.25) is 10.0 Å². The molecule has 6 nitrogen and oxygen atoms in total. The van der Waals surface area contributed by atoms with Gasteiger partial charge in [-0.05, 0) is 56.4 Å². The van der Waals surface area contributed by atoms with Gasteiger partial charge in [0.2, 0.25) is 11.9 Å². The first kappa shape index (κ1) is 21.7. The van der Waals surface area contributed by atoms with Crippen LogP contribution in [0.25, 0.3) is 0 Å². The summed E-state index contributed by atoms with van der Waals surface area (Å²) in [6, 6.07) is 7.51. The second kappa shape index (κ2) is 9.63. The summed E-state index contributed by atoms with van der Waals surface area (Å²) >= 11 is 12.2. The molecule has 1 amide bonds. The van der Waals surface area contributed by atoms with Gasteiger partial charge in [-0.25, -0.2) is 4.98 Å². The number of rotatable bonds is 6. The molecule has 1 aliphatic rings. The van der Waals surface area contributed by atoms with E-state index in [-0.39, 0.29) is 17.9 Å². The predicted molar refractivity (Wildman–Crippen MR) is 119 cm³/mol. The van der Waals surface area contributed by atoms with Crippen molar-refractivity contribution in [2.24, 2.45) is 5.92 Å². The number of benzene rings is 1. The van der Waals surface area contributed by atoms with Crippen LogP contribution in [-0.4, -0.2) is 36.0 Å². The molecule has 2 aromatic rings. The van der Waals surface area contributed by atoms with Crippen LogP contribution in [0, 0.1) is 12.8 Å². The van der Waals surface area contributed by atoms with Crippen molar-refractivity contribution >= 4 is 40.9 Å². The van der Waals surface area contributed by atoms with Crippen molar-refractivity contribution in [1.82, 2.24) is 15.3 Å². The van der Waals surface area contributed by atoms with Gasteiger partial charge in [0, 0.05) is 54.4 Å². The van der Waals surface area contributed by atoms with Gasteiger partial charge in [-0.15, -0.1) is 0 Å². The minimum absolute atomic E-state index is 0.0155. The van der Waals surface area contributed by atoms with Gasteiger partial charge >= 0.3 is 0 Å². The number of nitrogens with zero attached hydrogens (tertiary/aromatic N) is 3. The summed E-state index contributed by atoms with van der Waals surface area (Å²) in [7, 11) is 3.93. The number of nitrogens with one attached hydrogen (secondary N) is 2. The molecule has 29 heavy (non-hydrogen) atoms. The molecule has 0 unspecified atom stereocenters. The summed E-state index contributed by atoms with van der Waals surface area (Å²) in [4.78, 5) is 23.6. The SMILES string of the molecule is Cc1cc(N(C)C)nc(NC2CCC(C(=O)NCc3cc(Cl)ccc3Cl)CC2)n1. The molecule has 0 spiro atoms. The number of amides is 1. The Bertz CT molecular complexity index is 866. The van der Waals surface area contributed by atoms with Crippen molar-refractivity contribution in [3.05, 3.63) is 45.6 Å². The van der Waals surface area contributed by atoms with Crippen LogP contribution in [-0.2, 0) is 11.3 Å². The van der Waals surface area contributed by atoms with Crippen molar-refractivity contribution in [2.75, 3.05) is 24.3 Å². The maximum Gasteiger partial charge on any atom is 0.225 e. The number of halogens is 2. The number of aromatic nitrogens is 2. The zero-order chi connectivity index (χ0) is 21.0. The van der Waals surface area contributed by atoms with Gasteiger partial charge in [-0.3, -0.25) is 4.79 Å². The Morgan fingerprint density at radius 2 is 1.86 bits per heavy atom. The van der Waals surface area contributed by atoms with E-state index in [9.17, 15) is 4.79 Å². The first-order valence-electron chi connectivity index (χ1n) is 9.83. The van der Waals surface area contributed by atoms with E-state index in [4.69, 9.17) is 23.2 Å². The lowest BCUT2D eigenvalue weighted by molar-refractivity contribution is -0.126. The Hall–Kier alpha value is -2.05. The maximum absolute atomic E-state index is 12.6. The van der Waals surface area contributed by atoms with Gasteiger partial charge < -0.3 is 15.5 Å². The van der Waals surface area contributed by atoms with Gasteiger partial charge in [-0.1, -0.05) is 23.2 Å². The van der Waals surface area contributed by atoms with Gasteiger partial charge in [0.15, 0.2) is 0 Å². The number of carbonyl (C=O) groups is 1. The zero-order valence-corrected chi connectivity index (χ0v) is 18.5. The van der Waals surface area contributed by atoms with Crippen LogP contribution in [0.4, 0.5) is 11.8 Å². The smallest absolute Gasteiger partial charge is 0.225 e. The third-order valence-corrected chi connectivity index (χ3v) is 5.79. The Balaban J connectivity index is 1.50. The second-order valence-electron chi connectivity index (χ2n) is 7.73. The minimum Gasteiger partial charge on any atom is -0.363 e. The lowest BCUT2D eigenvalue weighted by Crippen LogP contribution is -2.36. The Morgan fingerprint density at radius 1 is 1.14 bits per heavy atom. The molecule has 8 heteroatoms. The molecule has 0 bridgehead atoms. The van der Waals surface area contributed by atoms with E-state index >= 15 is 0 Å². The minimum atomic E-state index is 0.0155. The molecule has 1 fully saturated rings. The molecule has 1 heterocycles. The summed E-state index contributed by atoms with van der Waals surface area (Å²) < 4.78 is 0. The Labute approximate surface area is 182 Å². The topological polar surface area (TPSA) is 70.2 Å². The van der Waals surface area contributed by atoms with E-state index in [0.717, 1.165) is 42.8 Å². The summed E-state index contributed by atoms with van der Waals surface area (Å²) in [6.07, 6.45) is 3.48. The first-order chi connectivity index (χ1) is 13.8. The highest BCUT2D eigenvalue weighted by Crippen LogP contribution is 2.27. The maximum atomic E-state index is 12.6. The summed E-state index contributed by atoms with van der Waals surface area (Å²) in [5.41, 5.74) is 1.76. The summed E-state index contributed by atoms with van der Waals surface area (Å²) in [5.74, 6) is 1.62. The monoisotopic (exact) mass is 435 g/mol. The van der Waals surface area contributed by atoms with Crippen LogP contribution in [0.3, 0.4) is 0 Å². The van der Waals surface area contributed by atoms with Crippen molar-refractivity contribution in [3.63, 3.8) is 0 Å². The fourth-order valence-electron chi connectivity index (χ4n) is 3.53. The van der Waals surface area contributed by atoms with Gasteiger partial charge in [0.05, 0.1) is 0 Å². The normalized spacial score (nSPS) is 18.9. The molecule has 2 N–H and O–H groups in total. The largest absolute Gasteiger partial charge is 0.363 e. The van der Waals surface area contributed by atoms with Crippen LogP contribution < -0.4 is 15.5 Å². The number of anilines is 2. The molecule has 1 aliphatic carbocycles. The number of aryl methyl sites for hydroxylation is 1. The van der Waals surface area contributed by atoms with Crippen LogP contribution in [0.1, 0.15) is 36.9 Å². The second-order valence-corrected chi connectivity index (χ2v) is 8.58. The molecule has 0 radical (unpaired) electrons. The van der Waals surface area contributed by atoms with Crippen molar-refractivity contribution in [2.45, 2.75) is 45.2 Å². The van der Waals surface area contributed by atoms with Crippen molar-refractivity contribution in [1.29, 1.82) is 0 Å². The van der Waals surface area contributed by atoms with Gasteiger partial charge in [-0.2, -0.15) is 4.98 Å². The molecule has 0 aliphatic heterocycles. The van der Waals surface area contributed by atoms with E-state index < -0.39 is 0 Å². The number of hydrogen-bond acceptors (Lipinski definition) is 5.